The maximum Gasteiger partial charge on any atom is 0.145 e. The Morgan fingerprint density at radius 1 is 1.14 bits per heavy atom. The summed E-state index contributed by atoms with van der Waals surface area (Å²) in [5.74, 6) is 0. The molecule has 1 nitrogen and oxygen atoms in total. The third-order valence-corrected chi connectivity index (χ3v) is 3.76. The van der Waals surface area contributed by atoms with Gasteiger partial charge in [-0.1, -0.05) is 12.1 Å². The quantitative estimate of drug-likeness (QED) is 0.592. The van der Waals surface area contributed by atoms with E-state index in [9.17, 15) is 0 Å². The molecule has 14 heavy (non-hydrogen) atoms. The first-order chi connectivity index (χ1) is 6.61. The predicted octanol–water partition coefficient (Wildman–Crippen LogP) is 3.41. The molecule has 0 N–H and O–H groups in total. The zero-order chi connectivity index (χ0) is 10.3. The summed E-state index contributed by atoms with van der Waals surface area (Å²) >= 11 is 0. The topological polar surface area (TPSA) is 0 Å². The van der Waals surface area contributed by atoms with Crippen molar-refractivity contribution in [1.29, 1.82) is 0 Å². The summed E-state index contributed by atoms with van der Waals surface area (Å²) in [7, 11) is 2.30. The number of hydrogen-bond donors (Lipinski definition) is 0. The summed E-state index contributed by atoms with van der Waals surface area (Å²) < 4.78 is 0.974. The molecule has 0 saturated heterocycles. The summed E-state index contributed by atoms with van der Waals surface area (Å²) in [4.78, 5) is 0. The highest BCUT2D eigenvalue weighted by Gasteiger charge is 2.36. The van der Waals surface area contributed by atoms with Crippen LogP contribution in [0.5, 0.6) is 0 Å². The minimum atomic E-state index is 0.974. The van der Waals surface area contributed by atoms with Gasteiger partial charge in [-0.2, -0.15) is 0 Å². The van der Waals surface area contributed by atoms with Crippen molar-refractivity contribution in [2.24, 2.45) is 0 Å². The van der Waals surface area contributed by atoms with E-state index in [0.29, 0.717) is 0 Å². The molecule has 0 fully saturated rings. The Hall–Kier alpha value is -1.08. The summed E-state index contributed by atoms with van der Waals surface area (Å²) in [6.07, 6.45) is 0. The van der Waals surface area contributed by atoms with Gasteiger partial charge in [0.05, 0.1) is 13.6 Å². The van der Waals surface area contributed by atoms with Crippen LogP contribution in [0.25, 0.3) is 5.57 Å². The van der Waals surface area contributed by atoms with Crippen molar-refractivity contribution in [1.82, 2.24) is 4.48 Å². The standard InChI is InChI=1S/C13H18N/c1-5-14(4)11(3)10(2)12-8-6-7-9-13(12)14/h6-9H,5H2,1-4H3/q+1. The lowest BCUT2D eigenvalue weighted by molar-refractivity contribution is 0.440. The number of rotatable bonds is 1. The van der Waals surface area contributed by atoms with Crippen LogP contribution in [-0.4, -0.2) is 13.6 Å². The lowest BCUT2D eigenvalue weighted by Crippen LogP contribution is -2.40. The van der Waals surface area contributed by atoms with Crippen molar-refractivity contribution < 1.29 is 0 Å². The molecule has 1 heterocycles. The zero-order valence-corrected chi connectivity index (χ0v) is 9.46. The fourth-order valence-electron chi connectivity index (χ4n) is 2.37. The molecule has 0 saturated carbocycles. The molecule has 0 spiro atoms. The van der Waals surface area contributed by atoms with E-state index in [2.05, 4.69) is 52.1 Å². The van der Waals surface area contributed by atoms with Crippen LogP contribution < -0.4 is 4.48 Å². The van der Waals surface area contributed by atoms with Gasteiger partial charge in [-0.15, -0.1) is 0 Å². The normalized spacial score (nSPS) is 25.4. The molecule has 0 aliphatic carbocycles. The van der Waals surface area contributed by atoms with Gasteiger partial charge in [0.15, 0.2) is 0 Å². The van der Waals surface area contributed by atoms with Gasteiger partial charge in [0, 0.05) is 24.1 Å². The number of hydrogen-bond acceptors (Lipinski definition) is 0. The Labute approximate surface area is 86.3 Å². The lowest BCUT2D eigenvalue weighted by atomic mass is 10.1. The van der Waals surface area contributed by atoms with Crippen molar-refractivity contribution in [3.05, 3.63) is 35.5 Å². The first-order valence-electron chi connectivity index (χ1n) is 5.25. The number of quaternary nitrogens is 1. The van der Waals surface area contributed by atoms with Crippen molar-refractivity contribution in [2.45, 2.75) is 20.8 Å². The zero-order valence-electron chi connectivity index (χ0n) is 9.46. The first kappa shape index (κ1) is 9.47. The maximum absolute atomic E-state index is 2.30. The second-order valence-electron chi connectivity index (χ2n) is 4.24. The van der Waals surface area contributed by atoms with E-state index in [1.165, 1.54) is 22.5 Å². The molecule has 1 aliphatic rings. The Balaban J connectivity index is 2.70. The highest BCUT2D eigenvalue weighted by atomic mass is 15.4. The second-order valence-corrected chi connectivity index (χ2v) is 4.24. The molecule has 1 atom stereocenters. The number of nitrogens with zero attached hydrogens (tertiary/aromatic N) is 1. The third kappa shape index (κ3) is 0.992. The number of fused-ring (bicyclic) bond motifs is 1. The van der Waals surface area contributed by atoms with Crippen LogP contribution in [0.2, 0.25) is 0 Å². The molecule has 2 rings (SSSR count). The Morgan fingerprint density at radius 3 is 2.43 bits per heavy atom. The van der Waals surface area contributed by atoms with Crippen LogP contribution in [0.15, 0.2) is 30.0 Å². The van der Waals surface area contributed by atoms with Gasteiger partial charge in [0.1, 0.15) is 11.4 Å². The summed E-state index contributed by atoms with van der Waals surface area (Å²) in [6, 6.07) is 8.74. The molecular weight excluding hydrogens is 170 g/mol. The molecule has 74 valence electrons. The molecule has 0 bridgehead atoms. The predicted molar refractivity (Wildman–Crippen MR) is 63.0 cm³/mol. The van der Waals surface area contributed by atoms with Crippen LogP contribution in [-0.2, 0) is 0 Å². The molecule has 1 aromatic rings. The van der Waals surface area contributed by atoms with Crippen LogP contribution in [0.4, 0.5) is 5.69 Å². The van der Waals surface area contributed by atoms with Crippen LogP contribution in [0, 0.1) is 0 Å². The van der Waals surface area contributed by atoms with Gasteiger partial charge >= 0.3 is 0 Å². The molecule has 1 unspecified atom stereocenters. The van der Waals surface area contributed by atoms with E-state index in [-0.39, 0.29) is 0 Å². The molecule has 1 aromatic carbocycles. The lowest BCUT2D eigenvalue weighted by Gasteiger charge is -2.29. The SMILES string of the molecule is CC[N+]1(C)C(C)=C(C)c2ccccc21. The van der Waals surface area contributed by atoms with Gasteiger partial charge in [-0.05, 0) is 19.9 Å². The van der Waals surface area contributed by atoms with E-state index in [4.69, 9.17) is 0 Å². The van der Waals surface area contributed by atoms with Crippen molar-refractivity contribution in [3.8, 4) is 0 Å². The van der Waals surface area contributed by atoms with E-state index in [0.717, 1.165) is 11.0 Å². The van der Waals surface area contributed by atoms with Crippen molar-refractivity contribution in [3.63, 3.8) is 0 Å². The highest BCUT2D eigenvalue weighted by molar-refractivity contribution is 5.83. The van der Waals surface area contributed by atoms with Gasteiger partial charge in [0.2, 0.25) is 0 Å². The average Bonchev–Trinajstić information content (AvgIpc) is 2.43. The fraction of sp³-hybridized carbons (Fsp3) is 0.385. The van der Waals surface area contributed by atoms with E-state index in [1.54, 1.807) is 0 Å². The molecular formula is C13H18N+. The van der Waals surface area contributed by atoms with E-state index < -0.39 is 0 Å². The van der Waals surface area contributed by atoms with Crippen molar-refractivity contribution >= 4 is 11.3 Å². The minimum absolute atomic E-state index is 0.974. The van der Waals surface area contributed by atoms with Gasteiger partial charge < -0.3 is 0 Å². The van der Waals surface area contributed by atoms with E-state index in [1.807, 2.05) is 0 Å². The molecule has 0 amide bonds. The Kier molecular flexibility index (Phi) is 2.00. The second kappa shape index (κ2) is 2.96. The first-order valence-corrected chi connectivity index (χ1v) is 5.25. The monoisotopic (exact) mass is 188 g/mol. The molecule has 1 heteroatoms. The van der Waals surface area contributed by atoms with Gasteiger partial charge in [-0.3, -0.25) is 4.48 Å². The number of allylic oxidation sites excluding steroid dienone is 2. The smallest absolute Gasteiger partial charge is 0.145 e. The number of benzene rings is 1. The molecule has 0 aromatic heterocycles. The Bertz CT molecular complexity index is 403. The summed E-state index contributed by atoms with van der Waals surface area (Å²) in [6.45, 7) is 7.85. The maximum atomic E-state index is 2.30. The molecule has 1 aliphatic heterocycles. The summed E-state index contributed by atoms with van der Waals surface area (Å²) in [5, 5.41) is 0. The fourth-order valence-corrected chi connectivity index (χ4v) is 2.37. The van der Waals surface area contributed by atoms with Crippen molar-refractivity contribution in [2.75, 3.05) is 13.6 Å². The molecule has 0 radical (unpaired) electrons. The van der Waals surface area contributed by atoms with Crippen LogP contribution >= 0.6 is 0 Å². The van der Waals surface area contributed by atoms with Gasteiger partial charge in [0.25, 0.3) is 0 Å². The third-order valence-electron chi connectivity index (χ3n) is 3.76. The van der Waals surface area contributed by atoms with E-state index >= 15 is 0 Å². The summed E-state index contributed by atoms with van der Waals surface area (Å²) in [5.41, 5.74) is 5.80. The Morgan fingerprint density at radius 2 is 1.79 bits per heavy atom. The van der Waals surface area contributed by atoms with Gasteiger partial charge in [-0.25, -0.2) is 0 Å². The van der Waals surface area contributed by atoms with Crippen LogP contribution in [0.3, 0.4) is 0 Å². The van der Waals surface area contributed by atoms with Crippen LogP contribution in [0.1, 0.15) is 26.3 Å². The minimum Gasteiger partial charge on any atom is -0.264 e. The number of para-hydroxylation sites is 1. The highest BCUT2D eigenvalue weighted by Crippen LogP contribution is 2.43. The largest absolute Gasteiger partial charge is 0.264 e. The average molecular weight is 188 g/mol.